The number of phosphoric acid groups is 1. The summed E-state index contributed by atoms with van der Waals surface area (Å²) < 4.78 is 32.6. The van der Waals surface area contributed by atoms with Crippen molar-refractivity contribution < 1.29 is 47.5 Å². The number of carboxylic acid groups (broad SMARTS) is 1. The Morgan fingerprint density at radius 3 is 1.47 bits per heavy atom. The molecule has 0 bridgehead atoms. The quantitative estimate of drug-likeness (QED) is 0.0233. The third-order valence-corrected chi connectivity index (χ3v) is 9.58. The van der Waals surface area contributed by atoms with E-state index in [1.807, 2.05) is 0 Å². The predicted molar refractivity (Wildman–Crippen MR) is 235 cm³/mol. The molecule has 0 aliphatic rings. The molecule has 4 N–H and O–H groups in total. The Morgan fingerprint density at radius 1 is 0.552 bits per heavy atom. The van der Waals surface area contributed by atoms with Gasteiger partial charge in [-0.2, -0.15) is 0 Å². The molecule has 330 valence electrons. The van der Waals surface area contributed by atoms with Crippen LogP contribution in [0, 0.1) is 0 Å². The van der Waals surface area contributed by atoms with Crippen LogP contribution < -0.4 is 5.73 Å². The third kappa shape index (κ3) is 39.5. The van der Waals surface area contributed by atoms with Crippen LogP contribution in [0.4, 0.5) is 0 Å². The van der Waals surface area contributed by atoms with Gasteiger partial charge in [-0.1, -0.05) is 137 Å². The van der Waals surface area contributed by atoms with Gasteiger partial charge in [0.15, 0.2) is 6.10 Å². The molecule has 0 radical (unpaired) electrons. The summed E-state index contributed by atoms with van der Waals surface area (Å²) in [6.45, 7) is 2.59. The van der Waals surface area contributed by atoms with Crippen molar-refractivity contribution in [3.05, 3.63) is 85.1 Å². The number of hydrogen-bond acceptors (Lipinski definition) is 9. The number of rotatable bonds is 39. The average Bonchev–Trinajstić information content (AvgIpc) is 3.20. The Kier molecular flexibility index (Phi) is 38.1. The molecular formula is C46H76NO10P. The molecule has 0 saturated heterocycles. The van der Waals surface area contributed by atoms with E-state index in [4.69, 9.17) is 24.8 Å². The lowest BCUT2D eigenvalue weighted by molar-refractivity contribution is -0.161. The van der Waals surface area contributed by atoms with Crippen molar-refractivity contribution >= 4 is 25.7 Å². The van der Waals surface area contributed by atoms with Crippen molar-refractivity contribution in [2.75, 3.05) is 19.8 Å². The van der Waals surface area contributed by atoms with Crippen molar-refractivity contribution in [3.8, 4) is 0 Å². The van der Waals surface area contributed by atoms with Crippen molar-refractivity contribution in [2.45, 2.75) is 167 Å². The van der Waals surface area contributed by atoms with Crippen LogP contribution in [0.1, 0.15) is 155 Å². The number of nitrogens with two attached hydrogens (primary N) is 1. The van der Waals surface area contributed by atoms with Gasteiger partial charge in [-0.3, -0.25) is 23.4 Å². The second-order valence-electron chi connectivity index (χ2n) is 14.1. The number of carboxylic acids is 1. The zero-order chi connectivity index (χ0) is 42.8. The normalized spacial score (nSPS) is 14.6. The van der Waals surface area contributed by atoms with Crippen LogP contribution in [0.15, 0.2) is 85.1 Å². The third-order valence-electron chi connectivity index (χ3n) is 8.63. The molecule has 0 aliphatic heterocycles. The fraction of sp³-hybridized carbons (Fsp3) is 0.630. The molecule has 12 heteroatoms. The summed E-state index contributed by atoms with van der Waals surface area (Å²) in [6.07, 6.45) is 49.3. The first kappa shape index (κ1) is 54.7. The van der Waals surface area contributed by atoms with Gasteiger partial charge in [-0.15, -0.1) is 0 Å². The van der Waals surface area contributed by atoms with Crippen LogP contribution >= 0.6 is 7.82 Å². The van der Waals surface area contributed by atoms with Gasteiger partial charge in [0.2, 0.25) is 0 Å². The van der Waals surface area contributed by atoms with Crippen molar-refractivity contribution in [3.63, 3.8) is 0 Å². The molecule has 3 atom stereocenters. The van der Waals surface area contributed by atoms with E-state index in [0.717, 1.165) is 96.3 Å². The van der Waals surface area contributed by atoms with Crippen molar-refractivity contribution in [1.82, 2.24) is 0 Å². The monoisotopic (exact) mass is 834 g/mol. The molecule has 58 heavy (non-hydrogen) atoms. The van der Waals surface area contributed by atoms with Gasteiger partial charge >= 0.3 is 25.7 Å². The van der Waals surface area contributed by atoms with Gasteiger partial charge in [0.25, 0.3) is 0 Å². The lowest BCUT2D eigenvalue weighted by atomic mass is 10.1. The summed E-state index contributed by atoms with van der Waals surface area (Å²) >= 11 is 0. The van der Waals surface area contributed by atoms with Crippen molar-refractivity contribution in [1.29, 1.82) is 0 Å². The molecule has 0 fully saturated rings. The Balaban J connectivity index is 4.48. The maximum absolute atomic E-state index is 12.6. The minimum absolute atomic E-state index is 0.114. The molecule has 0 aromatic carbocycles. The first-order valence-corrected chi connectivity index (χ1v) is 23.1. The van der Waals surface area contributed by atoms with Crippen molar-refractivity contribution in [2.24, 2.45) is 5.73 Å². The second kappa shape index (κ2) is 40.4. The van der Waals surface area contributed by atoms with E-state index in [-0.39, 0.29) is 19.4 Å². The lowest BCUT2D eigenvalue weighted by Gasteiger charge is -2.20. The largest absolute Gasteiger partial charge is 0.480 e. The SMILES string of the molecule is CC/C=C/C/C=C/C/C=C/C/C=C/C/C=C/CCCCCC(=O)O[C@H](COC(=O)CCCCCCC/C=C/C/C=C/CCCCC)COP(=O)(O)OC[C@H](N)C(=O)O. The molecule has 11 nitrogen and oxygen atoms in total. The highest BCUT2D eigenvalue weighted by atomic mass is 31.2. The Hall–Kier alpha value is -3.34. The molecule has 0 saturated carbocycles. The minimum Gasteiger partial charge on any atom is -0.480 e. The summed E-state index contributed by atoms with van der Waals surface area (Å²) in [6, 6.07) is -1.53. The van der Waals surface area contributed by atoms with Gasteiger partial charge in [-0.05, 0) is 89.9 Å². The smallest absolute Gasteiger partial charge is 0.472 e. The summed E-state index contributed by atoms with van der Waals surface area (Å²) in [5.41, 5.74) is 5.33. The first-order chi connectivity index (χ1) is 28.1. The topological polar surface area (TPSA) is 172 Å². The number of carbonyl (C=O) groups excluding carboxylic acids is 2. The second-order valence-corrected chi connectivity index (χ2v) is 15.5. The number of esters is 2. The highest BCUT2D eigenvalue weighted by Gasteiger charge is 2.28. The number of allylic oxidation sites excluding steroid dienone is 14. The Morgan fingerprint density at radius 2 is 0.966 bits per heavy atom. The van der Waals surface area contributed by atoms with Crippen LogP contribution in [0.2, 0.25) is 0 Å². The van der Waals surface area contributed by atoms with E-state index in [1.165, 1.54) is 19.3 Å². The van der Waals surface area contributed by atoms with Crippen LogP contribution in [-0.2, 0) is 37.5 Å². The van der Waals surface area contributed by atoms with E-state index >= 15 is 0 Å². The molecule has 0 aliphatic carbocycles. The average molecular weight is 834 g/mol. The first-order valence-electron chi connectivity index (χ1n) is 21.6. The van der Waals surface area contributed by atoms with Gasteiger partial charge in [0, 0.05) is 12.8 Å². The molecule has 1 unspecified atom stereocenters. The van der Waals surface area contributed by atoms with Crippen LogP contribution in [0.5, 0.6) is 0 Å². The van der Waals surface area contributed by atoms with E-state index < -0.39 is 51.1 Å². The van der Waals surface area contributed by atoms with E-state index in [9.17, 15) is 23.8 Å². The number of hydrogen-bond donors (Lipinski definition) is 3. The molecule has 0 amide bonds. The lowest BCUT2D eigenvalue weighted by Crippen LogP contribution is -2.34. The van der Waals surface area contributed by atoms with Gasteiger partial charge in [0.05, 0.1) is 13.2 Å². The number of carbonyl (C=O) groups is 3. The zero-order valence-electron chi connectivity index (χ0n) is 35.6. The van der Waals surface area contributed by atoms with Gasteiger partial charge in [-0.25, -0.2) is 4.57 Å². The van der Waals surface area contributed by atoms with Crippen LogP contribution in [0.3, 0.4) is 0 Å². The van der Waals surface area contributed by atoms with Crippen LogP contribution in [-0.4, -0.2) is 59.9 Å². The summed E-state index contributed by atoms with van der Waals surface area (Å²) in [5, 5.41) is 8.89. The van der Waals surface area contributed by atoms with Gasteiger partial charge < -0.3 is 25.2 Å². The van der Waals surface area contributed by atoms with Gasteiger partial charge in [0.1, 0.15) is 12.6 Å². The molecule has 0 spiro atoms. The number of ether oxygens (including phenoxy) is 2. The minimum atomic E-state index is -4.73. The maximum Gasteiger partial charge on any atom is 0.472 e. The summed E-state index contributed by atoms with van der Waals surface area (Å²) in [4.78, 5) is 46.0. The number of aliphatic carboxylic acids is 1. The summed E-state index contributed by atoms with van der Waals surface area (Å²) in [7, 11) is -4.73. The molecule has 0 rings (SSSR count). The summed E-state index contributed by atoms with van der Waals surface area (Å²) in [5.74, 6) is -2.45. The number of phosphoric ester groups is 1. The Bertz CT molecular complexity index is 1300. The zero-order valence-corrected chi connectivity index (χ0v) is 36.5. The van der Waals surface area contributed by atoms with E-state index in [1.54, 1.807) is 0 Å². The highest BCUT2D eigenvalue weighted by Crippen LogP contribution is 2.43. The molecular weight excluding hydrogens is 757 g/mol. The number of unbranched alkanes of at least 4 members (excludes halogenated alkanes) is 11. The van der Waals surface area contributed by atoms with Crippen LogP contribution in [0.25, 0.3) is 0 Å². The fourth-order valence-corrected chi connectivity index (χ4v) is 6.02. The standard InChI is InChI=1S/C46H76NO10P/c1-3-5-7-9-11-13-15-17-19-20-21-22-24-26-28-30-32-34-36-38-45(49)57-42(40-55-58(52,53)56-41-43(47)46(50)51)39-54-44(48)37-35-33-31-29-27-25-23-18-16-14-12-10-8-6-4-2/h5,7,11-14,17-19,21-23,26,28,42-43H,3-4,6,8-10,15-16,20,24-25,27,29-41,47H2,1-2H3,(H,50,51)(H,52,53)/b7-5+,13-11+,14-12+,19-17+,22-21+,23-18+,28-26+/t42-,43+/m1/s1. The fourth-order valence-electron chi connectivity index (χ4n) is 5.24. The molecule has 0 aromatic rings. The van der Waals surface area contributed by atoms with E-state index in [2.05, 4.69) is 103 Å². The Labute approximate surface area is 350 Å². The van der Waals surface area contributed by atoms with E-state index in [0.29, 0.717) is 12.8 Å². The predicted octanol–water partition coefficient (Wildman–Crippen LogP) is 11.5. The maximum atomic E-state index is 12.6. The molecule has 0 heterocycles. The molecule has 0 aromatic heterocycles. The highest BCUT2D eigenvalue weighted by molar-refractivity contribution is 7.47.